The maximum Gasteiger partial charge on any atom is 0.223 e. The van der Waals surface area contributed by atoms with Gasteiger partial charge in [0.15, 0.2) is 0 Å². The molecule has 0 radical (unpaired) electrons. The number of rotatable bonds is 3. The Morgan fingerprint density at radius 2 is 2.08 bits per heavy atom. The molecule has 1 aliphatic rings. The number of nitrogens with one attached hydrogen (secondary N) is 1. The van der Waals surface area contributed by atoms with Crippen molar-refractivity contribution in [1.29, 1.82) is 0 Å². The third kappa shape index (κ3) is 2.33. The lowest BCUT2D eigenvalue weighted by Crippen LogP contribution is -2.30. The molecule has 1 aliphatic heterocycles. The molecule has 0 aliphatic carbocycles. The highest BCUT2D eigenvalue weighted by molar-refractivity contribution is 7.10. The molecule has 5 nitrogen and oxygen atoms in total. The third-order valence-corrected chi connectivity index (χ3v) is 5.67. The lowest BCUT2D eigenvalue weighted by atomic mass is 10.2. The van der Waals surface area contributed by atoms with E-state index in [9.17, 15) is 4.79 Å². The summed E-state index contributed by atoms with van der Waals surface area (Å²) in [7, 11) is 0. The second-order valence-corrected chi connectivity index (χ2v) is 7.25. The Balaban J connectivity index is 1.71. The number of carbonyl (C=O) groups excluding carboxylic acids is 1. The smallest absolute Gasteiger partial charge is 0.223 e. The van der Waals surface area contributed by atoms with Gasteiger partial charge in [0.05, 0.1) is 17.2 Å². The van der Waals surface area contributed by atoms with Gasteiger partial charge in [-0.1, -0.05) is 24.3 Å². The molecule has 1 fully saturated rings. The fourth-order valence-electron chi connectivity index (χ4n) is 3.59. The van der Waals surface area contributed by atoms with Gasteiger partial charge in [-0.3, -0.25) is 9.78 Å². The van der Waals surface area contributed by atoms with Gasteiger partial charge in [0.1, 0.15) is 17.4 Å². The number of thiophene rings is 1. The van der Waals surface area contributed by atoms with Gasteiger partial charge in [0.2, 0.25) is 5.91 Å². The molecule has 1 atom stereocenters. The average molecular weight is 348 g/mol. The van der Waals surface area contributed by atoms with Crippen molar-refractivity contribution in [2.75, 3.05) is 6.54 Å². The van der Waals surface area contributed by atoms with Gasteiger partial charge in [-0.05, 0) is 23.9 Å². The van der Waals surface area contributed by atoms with Crippen molar-refractivity contribution in [3.8, 4) is 0 Å². The number of imidazole rings is 1. The Morgan fingerprint density at radius 3 is 2.88 bits per heavy atom. The van der Waals surface area contributed by atoms with Crippen LogP contribution in [0.15, 0.2) is 48.0 Å². The maximum absolute atomic E-state index is 12.4. The normalized spacial score (nSPS) is 16.2. The van der Waals surface area contributed by atoms with E-state index < -0.39 is 0 Å². The first-order valence-electron chi connectivity index (χ1n) is 8.37. The van der Waals surface area contributed by atoms with Crippen molar-refractivity contribution in [2.24, 2.45) is 0 Å². The summed E-state index contributed by atoms with van der Waals surface area (Å²) in [5.74, 6) is 1.01. The second-order valence-electron chi connectivity index (χ2n) is 6.27. The summed E-state index contributed by atoms with van der Waals surface area (Å²) in [5.41, 5.74) is 2.76. The van der Waals surface area contributed by atoms with Gasteiger partial charge in [0, 0.05) is 23.2 Å². The molecule has 1 saturated heterocycles. The molecule has 4 heterocycles. The zero-order valence-electron chi connectivity index (χ0n) is 13.5. The van der Waals surface area contributed by atoms with E-state index in [4.69, 9.17) is 4.98 Å². The number of hydrogen-bond acceptors (Lipinski definition) is 4. The van der Waals surface area contributed by atoms with Crippen molar-refractivity contribution >= 4 is 39.2 Å². The molecule has 1 N–H and O–H groups in total. The van der Waals surface area contributed by atoms with E-state index in [2.05, 4.69) is 16.0 Å². The summed E-state index contributed by atoms with van der Waals surface area (Å²) in [6.45, 7) is 0.775. The lowest BCUT2D eigenvalue weighted by Gasteiger charge is -2.25. The number of pyridine rings is 1. The summed E-state index contributed by atoms with van der Waals surface area (Å²) in [6.07, 6.45) is 3.33. The maximum atomic E-state index is 12.4. The minimum absolute atomic E-state index is 0.152. The molecule has 5 rings (SSSR count). The molecule has 124 valence electrons. The number of para-hydroxylation sites is 1. The zero-order valence-corrected chi connectivity index (χ0v) is 14.3. The van der Waals surface area contributed by atoms with E-state index in [1.54, 1.807) is 17.5 Å². The number of aromatic amines is 1. The summed E-state index contributed by atoms with van der Waals surface area (Å²) >= 11 is 1.66. The Bertz CT molecular complexity index is 1070. The number of fused-ring (bicyclic) bond motifs is 3. The van der Waals surface area contributed by atoms with Crippen molar-refractivity contribution in [3.05, 3.63) is 58.7 Å². The highest BCUT2D eigenvalue weighted by atomic mass is 32.1. The predicted molar refractivity (Wildman–Crippen MR) is 98.5 cm³/mol. The van der Waals surface area contributed by atoms with Gasteiger partial charge in [-0.25, -0.2) is 4.98 Å². The first-order valence-corrected chi connectivity index (χ1v) is 9.25. The Morgan fingerprint density at radius 1 is 1.16 bits per heavy atom. The van der Waals surface area contributed by atoms with Crippen molar-refractivity contribution in [2.45, 2.75) is 18.9 Å². The summed E-state index contributed by atoms with van der Waals surface area (Å²) in [5, 5.41) is 3.10. The highest BCUT2D eigenvalue weighted by Crippen LogP contribution is 2.35. The van der Waals surface area contributed by atoms with Crippen molar-refractivity contribution in [3.63, 3.8) is 0 Å². The molecular weight excluding hydrogens is 332 g/mol. The SMILES string of the molecule is O=C1CCCN1C(c1nc2cnc3ccccc3c2[nH]1)c1cccs1. The summed E-state index contributed by atoms with van der Waals surface area (Å²) in [6, 6.07) is 12.0. The van der Waals surface area contributed by atoms with Crippen LogP contribution in [-0.2, 0) is 4.79 Å². The van der Waals surface area contributed by atoms with Crippen LogP contribution < -0.4 is 0 Å². The van der Waals surface area contributed by atoms with Gasteiger partial charge < -0.3 is 9.88 Å². The topological polar surface area (TPSA) is 61.9 Å². The Hall–Kier alpha value is -2.73. The number of amides is 1. The molecule has 0 bridgehead atoms. The highest BCUT2D eigenvalue weighted by Gasteiger charge is 2.33. The van der Waals surface area contributed by atoms with E-state index in [1.807, 2.05) is 40.6 Å². The van der Waals surface area contributed by atoms with E-state index in [0.717, 1.165) is 45.6 Å². The lowest BCUT2D eigenvalue weighted by molar-refractivity contribution is -0.129. The second kappa shape index (κ2) is 5.67. The number of benzene rings is 1. The Kier molecular flexibility index (Phi) is 3.31. The molecule has 4 aromatic rings. The van der Waals surface area contributed by atoms with Gasteiger partial charge >= 0.3 is 0 Å². The van der Waals surface area contributed by atoms with E-state index in [-0.39, 0.29) is 11.9 Å². The van der Waals surface area contributed by atoms with Crippen LogP contribution in [0.25, 0.3) is 21.9 Å². The number of nitrogens with zero attached hydrogens (tertiary/aromatic N) is 3. The van der Waals surface area contributed by atoms with Gasteiger partial charge in [-0.15, -0.1) is 11.3 Å². The van der Waals surface area contributed by atoms with E-state index >= 15 is 0 Å². The number of carbonyl (C=O) groups is 1. The minimum atomic E-state index is -0.152. The number of aromatic nitrogens is 3. The molecule has 1 aromatic carbocycles. The van der Waals surface area contributed by atoms with Crippen LogP contribution in [-0.4, -0.2) is 32.3 Å². The molecule has 25 heavy (non-hydrogen) atoms. The van der Waals surface area contributed by atoms with Gasteiger partial charge in [-0.2, -0.15) is 0 Å². The van der Waals surface area contributed by atoms with Crippen LogP contribution in [0.3, 0.4) is 0 Å². The molecule has 6 heteroatoms. The van der Waals surface area contributed by atoms with Crippen molar-refractivity contribution < 1.29 is 4.79 Å². The fraction of sp³-hybridized carbons (Fsp3) is 0.211. The molecule has 1 amide bonds. The van der Waals surface area contributed by atoms with Crippen molar-refractivity contribution in [1.82, 2.24) is 19.9 Å². The predicted octanol–water partition coefficient (Wildman–Crippen LogP) is 3.88. The zero-order chi connectivity index (χ0) is 16.8. The number of hydrogen-bond donors (Lipinski definition) is 1. The Labute approximate surface area is 148 Å². The van der Waals surface area contributed by atoms with E-state index in [0.29, 0.717) is 6.42 Å². The first-order chi connectivity index (χ1) is 12.3. The molecular formula is C19H16N4OS. The quantitative estimate of drug-likeness (QED) is 0.611. The number of likely N-dealkylation sites (tertiary alicyclic amines) is 1. The third-order valence-electron chi connectivity index (χ3n) is 4.74. The van der Waals surface area contributed by atoms with Crippen LogP contribution in [0.1, 0.15) is 29.6 Å². The summed E-state index contributed by atoms with van der Waals surface area (Å²) in [4.78, 5) is 28.2. The minimum Gasteiger partial charge on any atom is -0.339 e. The standard InChI is InChI=1S/C19H16N4OS/c24-16-8-3-9-23(16)18(15-7-4-10-25-15)19-21-14-11-20-13-6-2-1-5-12(13)17(14)22-19/h1-2,4-7,10-11,18H,3,8-9H2,(H,21,22). The van der Waals surface area contributed by atoms with Crippen LogP contribution in [0.2, 0.25) is 0 Å². The first kappa shape index (κ1) is 14.6. The van der Waals surface area contributed by atoms with E-state index in [1.165, 1.54) is 0 Å². The summed E-state index contributed by atoms with van der Waals surface area (Å²) < 4.78 is 0. The monoisotopic (exact) mass is 348 g/mol. The fourth-order valence-corrected chi connectivity index (χ4v) is 4.43. The molecule has 1 unspecified atom stereocenters. The van der Waals surface area contributed by atoms with Crippen LogP contribution in [0, 0.1) is 0 Å². The molecule has 3 aromatic heterocycles. The molecule has 0 spiro atoms. The average Bonchev–Trinajstić information content (AvgIpc) is 3.37. The molecule has 0 saturated carbocycles. The van der Waals surface area contributed by atoms with Gasteiger partial charge in [0.25, 0.3) is 0 Å². The number of H-pyrrole nitrogens is 1. The van der Waals surface area contributed by atoms with Crippen LogP contribution in [0.5, 0.6) is 0 Å². The van der Waals surface area contributed by atoms with Crippen LogP contribution in [0.4, 0.5) is 0 Å². The largest absolute Gasteiger partial charge is 0.339 e. The van der Waals surface area contributed by atoms with Crippen LogP contribution >= 0.6 is 11.3 Å².